The van der Waals surface area contributed by atoms with Crippen molar-refractivity contribution in [3.05, 3.63) is 43.0 Å². The van der Waals surface area contributed by atoms with E-state index in [0.717, 1.165) is 25.9 Å². The first-order chi connectivity index (χ1) is 10.2. The fraction of sp³-hybridized carbons (Fsp3) is 0.500. The monoisotopic (exact) mass is 286 g/mol. The lowest BCUT2D eigenvalue weighted by molar-refractivity contribution is -0.133. The summed E-state index contributed by atoms with van der Waals surface area (Å²) in [5, 5.41) is 4.25. The molecular formula is C16H22N4O. The van der Waals surface area contributed by atoms with Crippen LogP contribution in [0.3, 0.4) is 0 Å². The van der Waals surface area contributed by atoms with Crippen LogP contribution in [0.4, 0.5) is 0 Å². The van der Waals surface area contributed by atoms with E-state index in [9.17, 15) is 4.79 Å². The summed E-state index contributed by atoms with van der Waals surface area (Å²) in [4.78, 5) is 14.6. The lowest BCUT2D eigenvalue weighted by Crippen LogP contribution is -2.38. The number of carbonyl (C=O) groups excluding carboxylic acids is 1. The Morgan fingerprint density at radius 1 is 1.29 bits per heavy atom. The third kappa shape index (κ3) is 3.17. The number of aromatic nitrogens is 3. The number of hydrogen-bond donors (Lipinski definition) is 0. The van der Waals surface area contributed by atoms with Crippen molar-refractivity contribution < 1.29 is 4.79 Å². The summed E-state index contributed by atoms with van der Waals surface area (Å²) in [5.41, 5.74) is 0. The van der Waals surface area contributed by atoms with Gasteiger partial charge in [-0.1, -0.05) is 0 Å². The van der Waals surface area contributed by atoms with Crippen molar-refractivity contribution in [2.75, 3.05) is 6.54 Å². The highest BCUT2D eigenvalue weighted by atomic mass is 16.2. The summed E-state index contributed by atoms with van der Waals surface area (Å²) in [5.74, 6) is 0.255. The van der Waals surface area contributed by atoms with Crippen LogP contribution in [-0.4, -0.2) is 37.7 Å². The van der Waals surface area contributed by atoms with Crippen molar-refractivity contribution in [1.29, 1.82) is 0 Å². The number of hydrogen-bond acceptors (Lipinski definition) is 2. The summed E-state index contributed by atoms with van der Waals surface area (Å²) in [7, 11) is 0. The molecule has 2 unspecified atom stereocenters. The molecule has 112 valence electrons. The first kappa shape index (κ1) is 13.9. The Kier molecular flexibility index (Phi) is 4.08. The van der Waals surface area contributed by atoms with Gasteiger partial charge in [0, 0.05) is 43.8 Å². The molecule has 0 saturated carbocycles. The number of amides is 1. The van der Waals surface area contributed by atoms with Gasteiger partial charge in [0.25, 0.3) is 0 Å². The van der Waals surface area contributed by atoms with Gasteiger partial charge in [-0.05, 0) is 38.0 Å². The van der Waals surface area contributed by atoms with Crippen molar-refractivity contribution in [2.24, 2.45) is 0 Å². The standard InChI is InChI=1S/C16H22N4O/c1-14(18-8-2-3-9-18)12-16(21)20-11-4-6-15(20)13-19-10-5-7-17-19/h2-3,5,7-10,14-15H,4,6,11-13H2,1H3. The molecule has 0 aromatic carbocycles. The van der Waals surface area contributed by atoms with E-state index in [1.165, 1.54) is 0 Å². The summed E-state index contributed by atoms with van der Waals surface area (Å²) < 4.78 is 4.02. The zero-order chi connectivity index (χ0) is 14.7. The van der Waals surface area contributed by atoms with E-state index in [4.69, 9.17) is 0 Å². The predicted molar refractivity (Wildman–Crippen MR) is 80.7 cm³/mol. The summed E-state index contributed by atoms with van der Waals surface area (Å²) in [6.45, 7) is 3.77. The smallest absolute Gasteiger partial charge is 0.224 e. The number of carbonyl (C=O) groups is 1. The maximum Gasteiger partial charge on any atom is 0.224 e. The van der Waals surface area contributed by atoms with Gasteiger partial charge in [0.1, 0.15) is 0 Å². The van der Waals surface area contributed by atoms with E-state index < -0.39 is 0 Å². The number of rotatable bonds is 5. The maximum atomic E-state index is 12.6. The van der Waals surface area contributed by atoms with Gasteiger partial charge in [0.05, 0.1) is 12.6 Å². The van der Waals surface area contributed by atoms with Gasteiger partial charge in [-0.25, -0.2) is 0 Å². The molecule has 0 bridgehead atoms. The highest BCUT2D eigenvalue weighted by molar-refractivity contribution is 5.77. The molecule has 1 amide bonds. The normalized spacial score (nSPS) is 19.9. The molecule has 2 aromatic rings. The average Bonchev–Trinajstić information content (AvgIpc) is 3.22. The Hall–Kier alpha value is -2.04. The molecule has 1 saturated heterocycles. The van der Waals surface area contributed by atoms with E-state index in [-0.39, 0.29) is 18.0 Å². The molecule has 0 radical (unpaired) electrons. The lowest BCUT2D eigenvalue weighted by Gasteiger charge is -2.26. The maximum absolute atomic E-state index is 12.6. The van der Waals surface area contributed by atoms with Crippen molar-refractivity contribution in [2.45, 2.75) is 44.8 Å². The van der Waals surface area contributed by atoms with Gasteiger partial charge < -0.3 is 9.47 Å². The quantitative estimate of drug-likeness (QED) is 0.846. The van der Waals surface area contributed by atoms with Crippen LogP contribution in [0.15, 0.2) is 43.0 Å². The largest absolute Gasteiger partial charge is 0.351 e. The van der Waals surface area contributed by atoms with Crippen LogP contribution < -0.4 is 0 Å². The van der Waals surface area contributed by atoms with Crippen LogP contribution in [0, 0.1) is 0 Å². The second-order valence-electron chi connectivity index (χ2n) is 5.79. The van der Waals surface area contributed by atoms with E-state index in [1.807, 2.05) is 46.4 Å². The molecule has 3 rings (SSSR count). The van der Waals surface area contributed by atoms with E-state index in [2.05, 4.69) is 16.6 Å². The molecule has 0 spiro atoms. The molecule has 1 aliphatic heterocycles. The zero-order valence-electron chi connectivity index (χ0n) is 12.4. The Balaban J connectivity index is 1.60. The fourth-order valence-electron chi connectivity index (χ4n) is 3.10. The summed E-state index contributed by atoms with van der Waals surface area (Å²) >= 11 is 0. The van der Waals surface area contributed by atoms with Crippen LogP contribution in [0.25, 0.3) is 0 Å². The van der Waals surface area contributed by atoms with Crippen LogP contribution in [0.5, 0.6) is 0 Å². The third-order valence-corrected chi connectivity index (χ3v) is 4.26. The Bertz CT molecular complexity index is 561. The Labute approximate surface area is 125 Å². The van der Waals surface area contributed by atoms with E-state index in [1.54, 1.807) is 6.20 Å². The van der Waals surface area contributed by atoms with E-state index >= 15 is 0 Å². The van der Waals surface area contributed by atoms with Crippen LogP contribution in [0.2, 0.25) is 0 Å². The molecule has 1 fully saturated rings. The molecule has 0 aliphatic carbocycles. The summed E-state index contributed by atoms with van der Waals surface area (Å²) in [6.07, 6.45) is 10.5. The van der Waals surface area contributed by atoms with Gasteiger partial charge in [-0.3, -0.25) is 9.48 Å². The highest BCUT2D eigenvalue weighted by Crippen LogP contribution is 2.22. The molecule has 21 heavy (non-hydrogen) atoms. The van der Waals surface area contributed by atoms with Gasteiger partial charge in [-0.2, -0.15) is 5.10 Å². The predicted octanol–water partition coefficient (Wildman–Crippen LogP) is 2.33. The minimum absolute atomic E-state index is 0.207. The number of nitrogens with zero attached hydrogens (tertiary/aromatic N) is 4. The first-order valence-electron chi connectivity index (χ1n) is 7.63. The van der Waals surface area contributed by atoms with Crippen molar-refractivity contribution in [3.8, 4) is 0 Å². The molecule has 5 heteroatoms. The van der Waals surface area contributed by atoms with Gasteiger partial charge in [0.2, 0.25) is 5.91 Å². The van der Waals surface area contributed by atoms with Crippen molar-refractivity contribution in [3.63, 3.8) is 0 Å². The Morgan fingerprint density at radius 3 is 2.81 bits per heavy atom. The lowest BCUT2D eigenvalue weighted by atomic mass is 10.2. The molecule has 1 aliphatic rings. The molecule has 5 nitrogen and oxygen atoms in total. The molecular weight excluding hydrogens is 264 g/mol. The minimum Gasteiger partial charge on any atom is -0.351 e. The van der Waals surface area contributed by atoms with Crippen molar-refractivity contribution in [1.82, 2.24) is 19.2 Å². The molecule has 3 heterocycles. The Morgan fingerprint density at radius 2 is 2.10 bits per heavy atom. The topological polar surface area (TPSA) is 43.1 Å². The van der Waals surface area contributed by atoms with Gasteiger partial charge in [-0.15, -0.1) is 0 Å². The van der Waals surface area contributed by atoms with Crippen LogP contribution in [-0.2, 0) is 11.3 Å². The third-order valence-electron chi connectivity index (χ3n) is 4.26. The van der Waals surface area contributed by atoms with Gasteiger partial charge in [0.15, 0.2) is 0 Å². The van der Waals surface area contributed by atoms with E-state index in [0.29, 0.717) is 6.42 Å². The average molecular weight is 286 g/mol. The van der Waals surface area contributed by atoms with Gasteiger partial charge >= 0.3 is 0 Å². The second-order valence-corrected chi connectivity index (χ2v) is 5.79. The zero-order valence-corrected chi connectivity index (χ0v) is 12.4. The fourth-order valence-corrected chi connectivity index (χ4v) is 3.10. The van der Waals surface area contributed by atoms with Crippen LogP contribution in [0.1, 0.15) is 32.2 Å². The minimum atomic E-state index is 0.207. The van der Waals surface area contributed by atoms with Crippen molar-refractivity contribution >= 4 is 5.91 Å². The molecule has 0 N–H and O–H groups in total. The SMILES string of the molecule is CC(CC(=O)N1CCCC1Cn1cccn1)n1cccc1. The highest BCUT2D eigenvalue weighted by Gasteiger charge is 2.29. The summed E-state index contributed by atoms with van der Waals surface area (Å²) in [6, 6.07) is 6.41. The molecule has 2 atom stereocenters. The molecule has 2 aromatic heterocycles. The number of likely N-dealkylation sites (tertiary alicyclic amines) is 1. The first-order valence-corrected chi connectivity index (χ1v) is 7.63. The van der Waals surface area contributed by atoms with Crippen LogP contribution >= 0.6 is 0 Å². The second kappa shape index (κ2) is 6.16.